The molecule has 0 unspecified atom stereocenters. The minimum atomic E-state index is -1.54. The summed E-state index contributed by atoms with van der Waals surface area (Å²) in [7, 11) is 0. The molecular formula is C14H15NO7. The number of carbonyl (C=O) groups excluding carboxylic acids is 1. The second kappa shape index (κ2) is 6.70. The largest absolute Gasteiger partial charge is 0.478 e. The van der Waals surface area contributed by atoms with Gasteiger partial charge in [-0.2, -0.15) is 0 Å². The average molecular weight is 309 g/mol. The quantitative estimate of drug-likeness (QED) is 0.627. The van der Waals surface area contributed by atoms with Crippen LogP contribution in [0, 0.1) is 5.92 Å². The van der Waals surface area contributed by atoms with Crippen molar-refractivity contribution in [2.45, 2.75) is 20.3 Å². The minimum absolute atomic E-state index is 0.0140. The van der Waals surface area contributed by atoms with E-state index in [1.54, 1.807) is 13.8 Å². The van der Waals surface area contributed by atoms with E-state index in [1.807, 2.05) is 0 Å². The van der Waals surface area contributed by atoms with E-state index in [2.05, 4.69) is 5.32 Å². The number of nitrogens with one attached hydrogen (secondary N) is 1. The maximum Gasteiger partial charge on any atom is 0.337 e. The molecule has 1 rings (SSSR count). The first-order valence-corrected chi connectivity index (χ1v) is 6.31. The lowest BCUT2D eigenvalue weighted by atomic mass is 10.0. The highest BCUT2D eigenvalue weighted by atomic mass is 16.4. The Morgan fingerprint density at radius 2 is 1.41 bits per heavy atom. The van der Waals surface area contributed by atoms with Crippen molar-refractivity contribution in [1.82, 2.24) is 0 Å². The van der Waals surface area contributed by atoms with E-state index in [-0.39, 0.29) is 12.3 Å². The molecule has 0 aliphatic rings. The van der Waals surface area contributed by atoms with Gasteiger partial charge in [0.15, 0.2) is 0 Å². The number of amides is 1. The predicted molar refractivity (Wildman–Crippen MR) is 75.4 cm³/mol. The maximum absolute atomic E-state index is 11.8. The Kier molecular flexibility index (Phi) is 5.23. The average Bonchev–Trinajstić information content (AvgIpc) is 2.36. The van der Waals surface area contributed by atoms with Gasteiger partial charge in [0.05, 0.1) is 22.4 Å². The van der Waals surface area contributed by atoms with Crippen LogP contribution in [-0.4, -0.2) is 39.1 Å². The summed E-state index contributed by atoms with van der Waals surface area (Å²) in [4.78, 5) is 45.2. The van der Waals surface area contributed by atoms with Crippen LogP contribution in [0.1, 0.15) is 51.3 Å². The molecular weight excluding hydrogens is 294 g/mol. The molecule has 8 nitrogen and oxygen atoms in total. The van der Waals surface area contributed by atoms with Gasteiger partial charge in [-0.25, -0.2) is 14.4 Å². The van der Waals surface area contributed by atoms with E-state index in [0.717, 1.165) is 12.1 Å². The summed E-state index contributed by atoms with van der Waals surface area (Å²) < 4.78 is 0. The molecule has 0 fully saturated rings. The van der Waals surface area contributed by atoms with Crippen LogP contribution in [0.4, 0.5) is 5.69 Å². The highest BCUT2D eigenvalue weighted by Gasteiger charge is 2.23. The topological polar surface area (TPSA) is 141 Å². The molecule has 0 spiro atoms. The van der Waals surface area contributed by atoms with Gasteiger partial charge in [0.2, 0.25) is 5.91 Å². The Balaban J connectivity index is 3.45. The first-order chi connectivity index (χ1) is 10.1. The molecule has 0 atom stereocenters. The van der Waals surface area contributed by atoms with Crippen LogP contribution in [0.25, 0.3) is 0 Å². The zero-order chi connectivity index (χ0) is 17.0. The smallest absolute Gasteiger partial charge is 0.337 e. The van der Waals surface area contributed by atoms with Crippen molar-refractivity contribution >= 4 is 29.5 Å². The maximum atomic E-state index is 11.8. The number of hydrogen-bond acceptors (Lipinski definition) is 4. The summed E-state index contributed by atoms with van der Waals surface area (Å²) in [6.45, 7) is 3.53. The highest BCUT2D eigenvalue weighted by Crippen LogP contribution is 2.25. The summed E-state index contributed by atoms with van der Waals surface area (Å²) in [6, 6.07) is 1.62. The Hall–Kier alpha value is -2.90. The van der Waals surface area contributed by atoms with Crippen molar-refractivity contribution in [3.05, 3.63) is 28.8 Å². The Morgan fingerprint density at radius 3 is 1.73 bits per heavy atom. The highest BCUT2D eigenvalue weighted by molar-refractivity contribution is 6.10. The number of carbonyl (C=O) groups is 4. The zero-order valence-corrected chi connectivity index (χ0v) is 11.9. The standard InChI is InChI=1S/C14H15NO7/c1-6(2)3-10(16)15-11-8(13(19)20)4-7(12(17)18)5-9(11)14(21)22/h4-6H,3H2,1-2H3,(H,15,16)(H,17,18)(H,19,20)(H,21,22). The van der Waals surface area contributed by atoms with Crippen LogP contribution in [0.3, 0.4) is 0 Å². The number of carboxylic acid groups (broad SMARTS) is 3. The molecule has 0 heterocycles. The lowest BCUT2D eigenvalue weighted by molar-refractivity contribution is -0.116. The predicted octanol–water partition coefficient (Wildman–Crippen LogP) is 1.77. The summed E-state index contributed by atoms with van der Waals surface area (Å²) in [5, 5.41) is 29.4. The van der Waals surface area contributed by atoms with E-state index in [0.29, 0.717) is 0 Å². The molecule has 0 saturated heterocycles. The summed E-state index contributed by atoms with van der Waals surface area (Å²) >= 11 is 0. The van der Waals surface area contributed by atoms with Gasteiger partial charge in [-0.1, -0.05) is 13.8 Å². The first-order valence-electron chi connectivity index (χ1n) is 6.31. The summed E-state index contributed by atoms with van der Waals surface area (Å²) in [5.41, 5.74) is -2.09. The van der Waals surface area contributed by atoms with Gasteiger partial charge in [-0.15, -0.1) is 0 Å². The minimum Gasteiger partial charge on any atom is -0.478 e. The third kappa shape index (κ3) is 4.05. The van der Waals surface area contributed by atoms with Crippen LogP contribution in [0.5, 0.6) is 0 Å². The lowest BCUT2D eigenvalue weighted by Gasteiger charge is -2.13. The number of carboxylic acids is 3. The van der Waals surface area contributed by atoms with E-state index in [9.17, 15) is 19.2 Å². The fourth-order valence-corrected chi connectivity index (χ4v) is 1.80. The Morgan fingerprint density at radius 1 is 0.955 bits per heavy atom. The van der Waals surface area contributed by atoms with Crippen LogP contribution in [0.15, 0.2) is 12.1 Å². The molecule has 1 amide bonds. The molecule has 0 aliphatic carbocycles. The zero-order valence-electron chi connectivity index (χ0n) is 11.9. The number of hydrogen-bond donors (Lipinski definition) is 4. The second-order valence-electron chi connectivity index (χ2n) is 5.01. The van der Waals surface area contributed by atoms with Crippen molar-refractivity contribution < 1.29 is 34.5 Å². The first kappa shape index (κ1) is 17.2. The monoisotopic (exact) mass is 309 g/mol. The number of anilines is 1. The Bertz CT molecular complexity index is 614. The van der Waals surface area contributed by atoms with E-state index >= 15 is 0 Å². The van der Waals surface area contributed by atoms with Gasteiger partial charge in [0.1, 0.15) is 0 Å². The van der Waals surface area contributed by atoms with Gasteiger partial charge < -0.3 is 20.6 Å². The SMILES string of the molecule is CC(C)CC(=O)Nc1c(C(=O)O)cc(C(=O)O)cc1C(=O)O. The number of benzene rings is 1. The third-order valence-corrected chi connectivity index (χ3v) is 2.70. The van der Waals surface area contributed by atoms with Gasteiger partial charge in [0, 0.05) is 6.42 Å². The molecule has 0 saturated carbocycles. The molecule has 0 aliphatic heterocycles. The fourth-order valence-electron chi connectivity index (χ4n) is 1.80. The molecule has 4 N–H and O–H groups in total. The lowest BCUT2D eigenvalue weighted by Crippen LogP contribution is -2.20. The molecule has 0 bridgehead atoms. The summed E-state index contributed by atoms with van der Waals surface area (Å²) in [5.74, 6) is -5.11. The molecule has 0 radical (unpaired) electrons. The van der Waals surface area contributed by atoms with Crippen LogP contribution in [0.2, 0.25) is 0 Å². The van der Waals surface area contributed by atoms with E-state index in [1.165, 1.54) is 0 Å². The molecule has 8 heteroatoms. The number of aromatic carboxylic acids is 3. The van der Waals surface area contributed by atoms with E-state index in [4.69, 9.17) is 15.3 Å². The molecule has 1 aromatic rings. The van der Waals surface area contributed by atoms with Gasteiger partial charge in [-0.3, -0.25) is 4.79 Å². The van der Waals surface area contributed by atoms with Gasteiger partial charge in [0.25, 0.3) is 0 Å². The van der Waals surface area contributed by atoms with Crippen molar-refractivity contribution in [2.24, 2.45) is 5.92 Å². The van der Waals surface area contributed by atoms with Crippen molar-refractivity contribution in [3.8, 4) is 0 Å². The van der Waals surface area contributed by atoms with Crippen LogP contribution in [-0.2, 0) is 4.79 Å². The van der Waals surface area contributed by atoms with Crippen molar-refractivity contribution in [1.29, 1.82) is 0 Å². The number of rotatable bonds is 6. The summed E-state index contributed by atoms with van der Waals surface area (Å²) in [6.07, 6.45) is 0.0683. The molecule has 1 aromatic carbocycles. The van der Waals surface area contributed by atoms with Crippen LogP contribution < -0.4 is 5.32 Å². The third-order valence-electron chi connectivity index (χ3n) is 2.70. The second-order valence-corrected chi connectivity index (χ2v) is 5.01. The Labute approximate surface area is 125 Å². The van der Waals surface area contributed by atoms with E-state index < -0.39 is 46.2 Å². The molecule has 118 valence electrons. The van der Waals surface area contributed by atoms with Gasteiger partial charge >= 0.3 is 17.9 Å². The normalized spacial score (nSPS) is 10.3. The van der Waals surface area contributed by atoms with Crippen molar-refractivity contribution in [2.75, 3.05) is 5.32 Å². The molecule has 22 heavy (non-hydrogen) atoms. The van der Waals surface area contributed by atoms with Gasteiger partial charge in [-0.05, 0) is 18.1 Å². The molecule has 0 aromatic heterocycles. The van der Waals surface area contributed by atoms with Crippen LogP contribution >= 0.6 is 0 Å². The van der Waals surface area contributed by atoms with Crippen molar-refractivity contribution in [3.63, 3.8) is 0 Å². The fraction of sp³-hybridized carbons (Fsp3) is 0.286.